The second-order valence-electron chi connectivity index (χ2n) is 9.02. The molecule has 180 valence electrons. The van der Waals surface area contributed by atoms with Crippen LogP contribution in [0.25, 0.3) is 0 Å². The van der Waals surface area contributed by atoms with Crippen molar-refractivity contribution in [2.24, 2.45) is 22.7 Å². The molecule has 0 bridgehead atoms. The van der Waals surface area contributed by atoms with Crippen molar-refractivity contribution in [1.29, 1.82) is 0 Å². The molecule has 2 rings (SSSR count). The minimum Gasteiger partial charge on any atom is -0.481 e. The minimum absolute atomic E-state index is 0.0950. The van der Waals surface area contributed by atoms with Crippen molar-refractivity contribution in [2.75, 3.05) is 0 Å². The van der Waals surface area contributed by atoms with Crippen LogP contribution in [0.15, 0.2) is 24.3 Å². The molecule has 2 saturated carbocycles. The first kappa shape index (κ1) is 27.4. The maximum Gasteiger partial charge on any atom is 0.332 e. The minimum atomic E-state index is -1.32. The van der Waals surface area contributed by atoms with Crippen LogP contribution in [0.5, 0.6) is 0 Å². The molecule has 8 heteroatoms. The number of rotatable bonds is 9. The molecule has 2 aliphatic carbocycles. The zero-order chi connectivity index (χ0) is 24.7. The molecule has 4 N–H and O–H groups in total. The normalized spacial score (nSPS) is 20.7. The van der Waals surface area contributed by atoms with Gasteiger partial charge in [0, 0.05) is 11.1 Å². The molecular weight excluding hydrogens is 416 g/mol. The summed E-state index contributed by atoms with van der Waals surface area (Å²) in [5, 5.41) is 36.6. The summed E-state index contributed by atoms with van der Waals surface area (Å²) in [7, 11) is 0. The van der Waals surface area contributed by atoms with Gasteiger partial charge in [-0.05, 0) is 50.9 Å². The third-order valence-electron chi connectivity index (χ3n) is 7.54. The summed E-state index contributed by atoms with van der Waals surface area (Å²) in [5.41, 5.74) is -2.98. The molecule has 32 heavy (non-hydrogen) atoms. The van der Waals surface area contributed by atoms with Crippen LogP contribution in [-0.4, -0.2) is 44.3 Å². The van der Waals surface area contributed by atoms with E-state index in [1.807, 2.05) is 0 Å². The van der Waals surface area contributed by atoms with Crippen LogP contribution in [0, 0.1) is 22.7 Å². The number of carboxylic acids is 4. The lowest BCUT2D eigenvalue weighted by Crippen LogP contribution is -2.43. The van der Waals surface area contributed by atoms with Gasteiger partial charge in [-0.3, -0.25) is 9.59 Å². The molecule has 8 nitrogen and oxygen atoms in total. The lowest BCUT2D eigenvalue weighted by molar-refractivity contribution is -0.154. The first-order chi connectivity index (χ1) is 14.9. The van der Waals surface area contributed by atoms with Gasteiger partial charge in [0.15, 0.2) is 0 Å². The van der Waals surface area contributed by atoms with Gasteiger partial charge in [-0.2, -0.15) is 0 Å². The molecule has 0 radical (unpaired) electrons. The number of aliphatic carboxylic acids is 4. The Balaban J connectivity index is 0.000000323. The number of hydrogen-bond acceptors (Lipinski definition) is 4. The van der Waals surface area contributed by atoms with Crippen molar-refractivity contribution in [1.82, 2.24) is 0 Å². The molecule has 0 aliphatic heterocycles. The van der Waals surface area contributed by atoms with Gasteiger partial charge in [0.05, 0.1) is 5.41 Å². The summed E-state index contributed by atoms with van der Waals surface area (Å²) in [4.78, 5) is 44.7. The highest BCUT2D eigenvalue weighted by atomic mass is 16.4. The van der Waals surface area contributed by atoms with Crippen molar-refractivity contribution in [3.8, 4) is 0 Å². The maximum atomic E-state index is 11.6. The number of carboxylic acid groups (broad SMARTS) is 4. The Labute approximate surface area is 189 Å². The SMILES string of the molecule is C=C(C(=O)O)C(C)(C(=O)O)C1CCCC1.C=C(C(=O)O)C(CC)(C(=O)O)C1CCCCC1. The zero-order valence-electron chi connectivity index (χ0n) is 19.1. The monoisotopic (exact) mass is 452 g/mol. The summed E-state index contributed by atoms with van der Waals surface area (Å²) < 4.78 is 0. The van der Waals surface area contributed by atoms with Gasteiger partial charge in [-0.15, -0.1) is 0 Å². The second kappa shape index (κ2) is 11.3. The average Bonchev–Trinajstić information content (AvgIpc) is 3.29. The van der Waals surface area contributed by atoms with Crippen LogP contribution in [-0.2, 0) is 19.2 Å². The van der Waals surface area contributed by atoms with E-state index in [9.17, 15) is 29.4 Å². The smallest absolute Gasteiger partial charge is 0.332 e. The lowest BCUT2D eigenvalue weighted by Gasteiger charge is -2.38. The molecule has 0 saturated heterocycles. The summed E-state index contributed by atoms with van der Waals surface area (Å²) >= 11 is 0. The van der Waals surface area contributed by atoms with Crippen LogP contribution in [0.3, 0.4) is 0 Å². The Kier molecular flexibility index (Phi) is 9.67. The van der Waals surface area contributed by atoms with Crippen molar-refractivity contribution >= 4 is 23.9 Å². The largest absolute Gasteiger partial charge is 0.481 e. The van der Waals surface area contributed by atoms with Crippen molar-refractivity contribution < 1.29 is 39.6 Å². The third-order valence-corrected chi connectivity index (χ3v) is 7.54. The highest BCUT2D eigenvalue weighted by molar-refractivity contribution is 5.96. The molecule has 2 unspecified atom stereocenters. The van der Waals surface area contributed by atoms with Crippen molar-refractivity contribution in [3.63, 3.8) is 0 Å². The van der Waals surface area contributed by atoms with Crippen LogP contribution in [0.2, 0.25) is 0 Å². The standard InChI is InChI=1S/C13H20O4.C11H16O4/c1-3-13(12(16)17,9(2)11(14)15)10-7-5-4-6-8-10;1-7(9(12)13)11(2,10(14)15)8-5-3-4-6-8/h10H,2-8H2,1H3,(H,14,15)(H,16,17);8H,1,3-6H2,2H3,(H,12,13)(H,14,15). The van der Waals surface area contributed by atoms with Gasteiger partial charge in [0.2, 0.25) is 0 Å². The Morgan fingerprint density at radius 3 is 1.47 bits per heavy atom. The van der Waals surface area contributed by atoms with Gasteiger partial charge >= 0.3 is 23.9 Å². The second-order valence-corrected chi connectivity index (χ2v) is 9.02. The number of hydrogen-bond donors (Lipinski definition) is 4. The summed E-state index contributed by atoms with van der Waals surface area (Å²) in [6.45, 7) is 10.1. The van der Waals surface area contributed by atoms with E-state index in [-0.39, 0.29) is 29.4 Å². The van der Waals surface area contributed by atoms with Crippen LogP contribution in [0.4, 0.5) is 0 Å². The molecule has 0 spiro atoms. The van der Waals surface area contributed by atoms with Crippen molar-refractivity contribution in [3.05, 3.63) is 24.3 Å². The van der Waals surface area contributed by atoms with Crippen LogP contribution < -0.4 is 0 Å². The molecule has 2 aliphatic rings. The molecule has 0 aromatic heterocycles. The molecule has 2 atom stereocenters. The van der Waals surface area contributed by atoms with Crippen LogP contribution in [0.1, 0.15) is 78.1 Å². The average molecular weight is 453 g/mol. The highest BCUT2D eigenvalue weighted by Gasteiger charge is 2.49. The number of carbonyl (C=O) groups is 4. The van der Waals surface area contributed by atoms with E-state index in [0.717, 1.165) is 57.8 Å². The maximum absolute atomic E-state index is 11.6. The van der Waals surface area contributed by atoms with Gasteiger partial charge in [-0.1, -0.05) is 52.2 Å². The van der Waals surface area contributed by atoms with Gasteiger partial charge in [0.1, 0.15) is 5.41 Å². The Bertz CT molecular complexity index is 758. The molecule has 0 aromatic carbocycles. The summed E-state index contributed by atoms with van der Waals surface area (Å²) in [5.74, 6) is -4.73. The first-order valence-electron chi connectivity index (χ1n) is 11.2. The summed E-state index contributed by atoms with van der Waals surface area (Å²) in [6.07, 6.45) is 8.41. The third kappa shape index (κ3) is 5.40. The molecule has 0 amide bonds. The molecule has 0 aromatic rings. The van der Waals surface area contributed by atoms with Gasteiger partial charge in [-0.25, -0.2) is 9.59 Å². The zero-order valence-corrected chi connectivity index (χ0v) is 19.1. The van der Waals surface area contributed by atoms with E-state index in [4.69, 9.17) is 10.2 Å². The van der Waals surface area contributed by atoms with E-state index in [1.165, 1.54) is 6.92 Å². The topological polar surface area (TPSA) is 149 Å². The van der Waals surface area contributed by atoms with Gasteiger partial charge in [0.25, 0.3) is 0 Å². The molecule has 2 fully saturated rings. The molecule has 0 heterocycles. The van der Waals surface area contributed by atoms with Gasteiger partial charge < -0.3 is 20.4 Å². The highest BCUT2D eigenvalue weighted by Crippen LogP contribution is 2.46. The van der Waals surface area contributed by atoms with E-state index in [0.29, 0.717) is 0 Å². The Hall–Kier alpha value is -2.64. The van der Waals surface area contributed by atoms with E-state index < -0.39 is 34.7 Å². The van der Waals surface area contributed by atoms with Crippen molar-refractivity contribution in [2.45, 2.75) is 78.1 Å². The first-order valence-corrected chi connectivity index (χ1v) is 11.2. The van der Waals surface area contributed by atoms with Crippen LogP contribution >= 0.6 is 0 Å². The molecular formula is C24H36O8. The fourth-order valence-corrected chi connectivity index (χ4v) is 5.26. The fourth-order valence-electron chi connectivity index (χ4n) is 5.26. The lowest BCUT2D eigenvalue weighted by atomic mass is 9.63. The quantitative estimate of drug-likeness (QED) is 0.371. The fraction of sp³-hybridized carbons (Fsp3) is 0.667. The Morgan fingerprint density at radius 2 is 1.12 bits per heavy atom. The van der Waals surface area contributed by atoms with E-state index in [2.05, 4.69) is 13.2 Å². The van der Waals surface area contributed by atoms with E-state index >= 15 is 0 Å². The predicted octanol–water partition coefficient (Wildman–Crippen LogP) is 4.60. The Morgan fingerprint density at radius 1 is 0.719 bits per heavy atom. The summed E-state index contributed by atoms with van der Waals surface area (Å²) in [6, 6.07) is 0. The predicted molar refractivity (Wildman–Crippen MR) is 118 cm³/mol. The van der Waals surface area contributed by atoms with E-state index in [1.54, 1.807) is 6.92 Å².